The molecular weight excluding hydrogens is 595 g/mol. The molecule has 8 aromatic carbocycles. The predicted octanol–water partition coefficient (Wildman–Crippen LogP) is 11.8. The summed E-state index contributed by atoms with van der Waals surface area (Å²) in [5.74, 6) is 0. The molecule has 0 amide bonds. The first-order valence-electron chi connectivity index (χ1n) is 16.3. The molecule has 0 aliphatic rings. The average molecular weight is 622 g/mol. The maximum atomic E-state index is 10.5. The van der Waals surface area contributed by atoms with Gasteiger partial charge in [-0.3, -0.25) is 0 Å². The lowest BCUT2D eigenvalue weighted by atomic mass is 9.84. The SMILES string of the molecule is N#Cc1cc(-c2c(C#N)cccc2-n2c3ccccc3c3ccccc32)cc(-c2c3ccccc3c(-c3ccccc3)c3ccccc23)c1. The Morgan fingerprint density at radius 1 is 0.367 bits per heavy atom. The van der Waals surface area contributed by atoms with Crippen LogP contribution in [0.1, 0.15) is 11.1 Å². The van der Waals surface area contributed by atoms with Crippen molar-refractivity contribution in [2.75, 3.05) is 0 Å². The van der Waals surface area contributed by atoms with Crippen molar-refractivity contribution in [3.63, 3.8) is 0 Å². The van der Waals surface area contributed by atoms with Gasteiger partial charge in [0.2, 0.25) is 0 Å². The Balaban J connectivity index is 1.38. The van der Waals surface area contributed by atoms with E-state index in [4.69, 9.17) is 0 Å². The minimum Gasteiger partial charge on any atom is -0.309 e. The van der Waals surface area contributed by atoms with Gasteiger partial charge in [-0.1, -0.05) is 121 Å². The highest BCUT2D eigenvalue weighted by Gasteiger charge is 2.21. The van der Waals surface area contributed by atoms with E-state index in [1.165, 1.54) is 5.56 Å². The third kappa shape index (κ3) is 4.42. The molecule has 0 radical (unpaired) electrons. The molecule has 3 heteroatoms. The van der Waals surface area contributed by atoms with Gasteiger partial charge >= 0.3 is 0 Å². The topological polar surface area (TPSA) is 52.5 Å². The van der Waals surface area contributed by atoms with E-state index in [0.29, 0.717) is 11.1 Å². The zero-order valence-corrected chi connectivity index (χ0v) is 26.4. The molecule has 1 aromatic heterocycles. The van der Waals surface area contributed by atoms with Gasteiger partial charge in [0, 0.05) is 16.3 Å². The maximum Gasteiger partial charge on any atom is 0.0998 e. The fourth-order valence-electron chi connectivity index (χ4n) is 7.64. The Hall–Kier alpha value is -6.94. The first-order chi connectivity index (χ1) is 24.2. The summed E-state index contributed by atoms with van der Waals surface area (Å²) in [6.07, 6.45) is 0. The van der Waals surface area contributed by atoms with Gasteiger partial charge in [-0.05, 0) is 91.8 Å². The summed E-state index contributed by atoms with van der Waals surface area (Å²) in [6, 6.07) is 61.2. The number of rotatable bonds is 4. The Kier molecular flexibility index (Phi) is 6.58. The molecule has 9 aromatic rings. The van der Waals surface area contributed by atoms with Crippen molar-refractivity contribution in [1.82, 2.24) is 4.57 Å². The monoisotopic (exact) mass is 621 g/mol. The zero-order valence-electron chi connectivity index (χ0n) is 26.4. The van der Waals surface area contributed by atoms with E-state index < -0.39 is 0 Å². The second kappa shape index (κ2) is 11.4. The number of hydrogen-bond acceptors (Lipinski definition) is 2. The second-order valence-electron chi connectivity index (χ2n) is 12.3. The van der Waals surface area contributed by atoms with Gasteiger partial charge in [0.15, 0.2) is 0 Å². The van der Waals surface area contributed by atoms with Crippen molar-refractivity contribution in [2.45, 2.75) is 0 Å². The quantitative estimate of drug-likeness (QED) is 0.184. The van der Waals surface area contributed by atoms with Crippen molar-refractivity contribution in [3.05, 3.63) is 175 Å². The lowest BCUT2D eigenvalue weighted by Crippen LogP contribution is -2.00. The van der Waals surface area contributed by atoms with Gasteiger partial charge in [0.25, 0.3) is 0 Å². The zero-order chi connectivity index (χ0) is 32.9. The molecule has 226 valence electrons. The van der Waals surface area contributed by atoms with Crippen molar-refractivity contribution in [3.8, 4) is 51.2 Å². The van der Waals surface area contributed by atoms with Gasteiger partial charge in [-0.25, -0.2) is 0 Å². The van der Waals surface area contributed by atoms with E-state index in [2.05, 4.69) is 150 Å². The van der Waals surface area contributed by atoms with E-state index in [-0.39, 0.29) is 0 Å². The fourth-order valence-corrected chi connectivity index (χ4v) is 7.64. The Labute approximate surface area is 283 Å². The van der Waals surface area contributed by atoms with Crippen molar-refractivity contribution in [1.29, 1.82) is 10.5 Å². The fraction of sp³-hybridized carbons (Fsp3) is 0. The van der Waals surface area contributed by atoms with Crippen LogP contribution in [-0.4, -0.2) is 4.57 Å². The molecule has 9 rings (SSSR count). The van der Waals surface area contributed by atoms with E-state index in [1.54, 1.807) is 0 Å². The third-order valence-electron chi connectivity index (χ3n) is 9.62. The molecule has 0 saturated heterocycles. The number of hydrogen-bond donors (Lipinski definition) is 0. The van der Waals surface area contributed by atoms with Crippen LogP contribution in [0.15, 0.2) is 164 Å². The van der Waals surface area contributed by atoms with Gasteiger partial charge in [-0.2, -0.15) is 10.5 Å². The van der Waals surface area contributed by atoms with Crippen LogP contribution in [-0.2, 0) is 0 Å². The number of benzene rings is 8. The third-order valence-corrected chi connectivity index (χ3v) is 9.62. The smallest absolute Gasteiger partial charge is 0.0998 e. The number of fused-ring (bicyclic) bond motifs is 5. The summed E-state index contributed by atoms with van der Waals surface area (Å²) in [6.45, 7) is 0. The molecule has 49 heavy (non-hydrogen) atoms. The predicted molar refractivity (Wildman–Crippen MR) is 202 cm³/mol. The number of nitrogens with zero attached hydrogens (tertiary/aromatic N) is 3. The van der Waals surface area contributed by atoms with E-state index >= 15 is 0 Å². The summed E-state index contributed by atoms with van der Waals surface area (Å²) in [4.78, 5) is 0. The van der Waals surface area contributed by atoms with Crippen molar-refractivity contribution < 1.29 is 0 Å². The lowest BCUT2D eigenvalue weighted by molar-refractivity contribution is 1.18. The number of aromatic nitrogens is 1. The van der Waals surface area contributed by atoms with Crippen LogP contribution in [0, 0.1) is 22.7 Å². The summed E-state index contributed by atoms with van der Waals surface area (Å²) in [5.41, 5.74) is 10.1. The first kappa shape index (κ1) is 28.3. The highest BCUT2D eigenvalue weighted by atomic mass is 15.0. The van der Waals surface area contributed by atoms with E-state index in [1.807, 2.05) is 30.3 Å². The Bertz CT molecular complexity index is 2740. The van der Waals surface area contributed by atoms with Crippen LogP contribution in [0.2, 0.25) is 0 Å². The largest absolute Gasteiger partial charge is 0.309 e. The molecule has 0 saturated carbocycles. The molecule has 3 nitrogen and oxygen atoms in total. The normalized spacial score (nSPS) is 11.2. The highest BCUT2D eigenvalue weighted by Crippen LogP contribution is 2.45. The second-order valence-corrected chi connectivity index (χ2v) is 12.3. The van der Waals surface area contributed by atoms with E-state index in [9.17, 15) is 10.5 Å². The van der Waals surface area contributed by atoms with Crippen LogP contribution in [0.4, 0.5) is 0 Å². The van der Waals surface area contributed by atoms with Crippen molar-refractivity contribution in [2.24, 2.45) is 0 Å². The van der Waals surface area contributed by atoms with Gasteiger partial charge in [-0.15, -0.1) is 0 Å². The molecule has 0 unspecified atom stereocenters. The van der Waals surface area contributed by atoms with Crippen LogP contribution in [0.3, 0.4) is 0 Å². The number of para-hydroxylation sites is 2. The summed E-state index contributed by atoms with van der Waals surface area (Å²) in [7, 11) is 0. The summed E-state index contributed by atoms with van der Waals surface area (Å²) >= 11 is 0. The van der Waals surface area contributed by atoms with Gasteiger partial charge in [0.05, 0.1) is 40.0 Å². The molecule has 0 fully saturated rings. The Morgan fingerprint density at radius 3 is 1.37 bits per heavy atom. The molecular formula is C46H27N3. The lowest BCUT2D eigenvalue weighted by Gasteiger charge is -2.19. The summed E-state index contributed by atoms with van der Waals surface area (Å²) in [5, 5.41) is 27.8. The minimum atomic E-state index is 0.536. The first-order valence-corrected chi connectivity index (χ1v) is 16.3. The molecule has 1 heterocycles. The van der Waals surface area contributed by atoms with Crippen LogP contribution in [0.25, 0.3) is 82.4 Å². The maximum absolute atomic E-state index is 10.5. The standard InChI is InChI=1S/C46H27N3/c47-28-30-25-33(44-32(29-48)15-12-24-43(44)49-41-22-10-8-16-35(41)36-17-9-11-23-42(36)49)27-34(26-30)46-39-20-6-4-18-37(39)45(31-13-2-1-3-14-31)38-19-5-7-21-40(38)46/h1-27H. The minimum absolute atomic E-state index is 0.536. The molecule has 0 aliphatic carbocycles. The van der Waals surface area contributed by atoms with Gasteiger partial charge < -0.3 is 4.57 Å². The van der Waals surface area contributed by atoms with Gasteiger partial charge in [0.1, 0.15) is 0 Å². The van der Waals surface area contributed by atoms with Crippen molar-refractivity contribution >= 4 is 43.4 Å². The molecule has 0 spiro atoms. The molecule has 0 N–H and O–H groups in total. The summed E-state index contributed by atoms with van der Waals surface area (Å²) < 4.78 is 2.25. The highest BCUT2D eigenvalue weighted by molar-refractivity contribution is 6.21. The Morgan fingerprint density at radius 2 is 0.837 bits per heavy atom. The number of nitriles is 2. The van der Waals surface area contributed by atoms with Crippen LogP contribution >= 0.6 is 0 Å². The average Bonchev–Trinajstić information content (AvgIpc) is 3.51. The van der Waals surface area contributed by atoms with E-state index in [0.717, 1.165) is 76.9 Å². The molecule has 0 bridgehead atoms. The molecule has 0 atom stereocenters. The van der Waals surface area contributed by atoms with Crippen LogP contribution < -0.4 is 0 Å². The van der Waals surface area contributed by atoms with Crippen LogP contribution in [0.5, 0.6) is 0 Å². The molecule has 0 aliphatic heterocycles.